The molecule has 0 unspecified atom stereocenters. The van der Waals surface area contributed by atoms with Crippen LogP contribution in [-0.4, -0.2) is 16.8 Å². The average Bonchev–Trinajstić information content (AvgIpc) is 2.65. The molecule has 1 heterocycles. The maximum Gasteiger partial charge on any atom is 0.257 e. The van der Waals surface area contributed by atoms with Gasteiger partial charge in [-0.3, -0.25) is 14.6 Å². The largest absolute Gasteiger partial charge is 0.322 e. The third-order valence-corrected chi connectivity index (χ3v) is 4.43. The van der Waals surface area contributed by atoms with E-state index >= 15 is 0 Å². The number of carbonyl (C=O) groups excluding carboxylic acids is 2. The molecule has 0 saturated heterocycles. The number of halogens is 1. The van der Waals surface area contributed by atoms with Gasteiger partial charge in [0, 0.05) is 28.8 Å². The fraction of sp³-hybridized carbons (Fsp3) is 0.0952. The normalized spacial score (nSPS) is 10.3. The van der Waals surface area contributed by atoms with Gasteiger partial charge in [-0.25, -0.2) is 0 Å². The molecule has 0 aliphatic heterocycles. The lowest BCUT2D eigenvalue weighted by Gasteiger charge is -2.11. The monoisotopic (exact) mass is 379 g/mol. The van der Waals surface area contributed by atoms with E-state index in [9.17, 15) is 9.59 Å². The van der Waals surface area contributed by atoms with Crippen molar-refractivity contribution in [1.29, 1.82) is 0 Å². The SMILES string of the molecule is Cc1cccc(NC(=O)c2cncc(C(=O)Nc3cccc(Cl)c3)c2)c1C. The van der Waals surface area contributed by atoms with Gasteiger partial charge in [0.2, 0.25) is 0 Å². The van der Waals surface area contributed by atoms with E-state index in [-0.39, 0.29) is 17.4 Å². The summed E-state index contributed by atoms with van der Waals surface area (Å²) >= 11 is 5.93. The molecule has 0 atom stereocenters. The number of nitrogens with one attached hydrogen (secondary N) is 2. The summed E-state index contributed by atoms with van der Waals surface area (Å²) in [5.41, 5.74) is 3.96. The fourth-order valence-corrected chi connectivity index (χ4v) is 2.73. The van der Waals surface area contributed by atoms with Crippen LogP contribution in [0.4, 0.5) is 11.4 Å². The highest BCUT2D eigenvalue weighted by molar-refractivity contribution is 6.31. The highest BCUT2D eigenvalue weighted by Crippen LogP contribution is 2.19. The Morgan fingerprint density at radius 2 is 1.56 bits per heavy atom. The molecule has 0 bridgehead atoms. The molecule has 1 aromatic heterocycles. The summed E-state index contributed by atoms with van der Waals surface area (Å²) in [6.45, 7) is 3.92. The van der Waals surface area contributed by atoms with Crippen LogP contribution in [0.5, 0.6) is 0 Å². The highest BCUT2D eigenvalue weighted by atomic mass is 35.5. The van der Waals surface area contributed by atoms with E-state index in [1.54, 1.807) is 24.3 Å². The van der Waals surface area contributed by atoms with Crippen LogP contribution in [0.3, 0.4) is 0 Å². The predicted molar refractivity (Wildman–Crippen MR) is 108 cm³/mol. The van der Waals surface area contributed by atoms with E-state index in [0.29, 0.717) is 16.3 Å². The summed E-state index contributed by atoms with van der Waals surface area (Å²) in [7, 11) is 0. The molecule has 5 nitrogen and oxygen atoms in total. The number of anilines is 2. The third-order valence-electron chi connectivity index (χ3n) is 4.20. The van der Waals surface area contributed by atoms with Crippen LogP contribution in [0.25, 0.3) is 0 Å². The molecule has 2 N–H and O–H groups in total. The molecule has 3 aromatic rings. The van der Waals surface area contributed by atoms with Gasteiger partial charge in [0.15, 0.2) is 0 Å². The summed E-state index contributed by atoms with van der Waals surface area (Å²) in [5.74, 6) is -0.695. The molecule has 0 aliphatic rings. The summed E-state index contributed by atoms with van der Waals surface area (Å²) in [5, 5.41) is 6.12. The van der Waals surface area contributed by atoms with E-state index in [1.807, 2.05) is 32.0 Å². The molecule has 0 saturated carbocycles. The van der Waals surface area contributed by atoms with E-state index in [1.165, 1.54) is 18.5 Å². The number of nitrogens with zero attached hydrogens (tertiary/aromatic N) is 1. The van der Waals surface area contributed by atoms with Crippen LogP contribution in [0.15, 0.2) is 60.9 Å². The zero-order valence-electron chi connectivity index (χ0n) is 14.9. The lowest BCUT2D eigenvalue weighted by Crippen LogP contribution is -2.16. The number of hydrogen-bond acceptors (Lipinski definition) is 3. The zero-order valence-corrected chi connectivity index (χ0v) is 15.7. The standard InChI is InChI=1S/C21H18ClN3O2/c1-13-5-3-8-19(14(13)2)25-21(27)16-9-15(11-23-12-16)20(26)24-18-7-4-6-17(22)10-18/h3-12H,1-2H3,(H,24,26)(H,25,27). The van der Waals surface area contributed by atoms with Gasteiger partial charge >= 0.3 is 0 Å². The number of carbonyl (C=O) groups is 2. The number of benzene rings is 2. The Labute approximate surface area is 162 Å². The summed E-state index contributed by atoms with van der Waals surface area (Å²) in [6.07, 6.45) is 2.84. The second-order valence-corrected chi connectivity index (χ2v) is 6.56. The summed E-state index contributed by atoms with van der Waals surface area (Å²) in [4.78, 5) is 29.0. The van der Waals surface area contributed by atoms with Crippen molar-refractivity contribution in [3.05, 3.63) is 88.2 Å². The fourth-order valence-electron chi connectivity index (χ4n) is 2.54. The number of aryl methyl sites for hydroxylation is 1. The van der Waals surface area contributed by atoms with Gasteiger partial charge in [-0.05, 0) is 55.3 Å². The average molecular weight is 380 g/mol. The molecule has 27 heavy (non-hydrogen) atoms. The summed E-state index contributed by atoms with van der Waals surface area (Å²) in [6, 6.07) is 14.0. The quantitative estimate of drug-likeness (QED) is 0.680. The molecule has 0 fully saturated rings. The van der Waals surface area contributed by atoms with Gasteiger partial charge in [0.05, 0.1) is 11.1 Å². The van der Waals surface area contributed by atoms with E-state index in [0.717, 1.165) is 16.8 Å². The van der Waals surface area contributed by atoms with Crippen LogP contribution in [-0.2, 0) is 0 Å². The van der Waals surface area contributed by atoms with Crippen LogP contribution in [0.1, 0.15) is 31.8 Å². The molecule has 0 radical (unpaired) electrons. The Morgan fingerprint density at radius 1 is 0.889 bits per heavy atom. The van der Waals surface area contributed by atoms with Crippen molar-refractivity contribution < 1.29 is 9.59 Å². The van der Waals surface area contributed by atoms with Gasteiger partial charge in [-0.1, -0.05) is 29.8 Å². The van der Waals surface area contributed by atoms with Gasteiger partial charge in [0.25, 0.3) is 11.8 Å². The molecular formula is C21H18ClN3O2. The Balaban J connectivity index is 1.77. The van der Waals surface area contributed by atoms with Gasteiger partial charge < -0.3 is 10.6 Å². The van der Waals surface area contributed by atoms with Crippen molar-refractivity contribution in [2.75, 3.05) is 10.6 Å². The minimum Gasteiger partial charge on any atom is -0.322 e. The van der Waals surface area contributed by atoms with Crippen molar-refractivity contribution in [3.8, 4) is 0 Å². The second-order valence-electron chi connectivity index (χ2n) is 6.13. The van der Waals surface area contributed by atoms with E-state index in [2.05, 4.69) is 15.6 Å². The van der Waals surface area contributed by atoms with Crippen LogP contribution >= 0.6 is 11.6 Å². The molecule has 136 valence electrons. The van der Waals surface area contributed by atoms with Crippen LogP contribution < -0.4 is 10.6 Å². The first-order valence-corrected chi connectivity index (χ1v) is 8.71. The first kappa shape index (κ1) is 18.6. The van der Waals surface area contributed by atoms with E-state index < -0.39 is 0 Å². The molecule has 3 rings (SSSR count). The molecule has 0 aliphatic carbocycles. The topological polar surface area (TPSA) is 71.1 Å². The number of rotatable bonds is 4. The predicted octanol–water partition coefficient (Wildman–Crippen LogP) is 4.86. The van der Waals surface area contributed by atoms with Gasteiger partial charge in [-0.2, -0.15) is 0 Å². The van der Waals surface area contributed by atoms with Crippen molar-refractivity contribution >= 4 is 34.8 Å². The van der Waals surface area contributed by atoms with Crippen LogP contribution in [0.2, 0.25) is 5.02 Å². The second kappa shape index (κ2) is 8.01. The third kappa shape index (κ3) is 4.51. The van der Waals surface area contributed by atoms with Gasteiger partial charge in [-0.15, -0.1) is 0 Å². The Kier molecular flexibility index (Phi) is 5.52. The minimum absolute atomic E-state index is 0.281. The molecule has 2 aromatic carbocycles. The molecule has 6 heteroatoms. The smallest absolute Gasteiger partial charge is 0.257 e. The maximum atomic E-state index is 12.6. The van der Waals surface area contributed by atoms with Gasteiger partial charge in [0.1, 0.15) is 0 Å². The van der Waals surface area contributed by atoms with E-state index in [4.69, 9.17) is 11.6 Å². The molecule has 2 amide bonds. The van der Waals surface area contributed by atoms with Crippen molar-refractivity contribution in [2.24, 2.45) is 0 Å². The van der Waals surface area contributed by atoms with Crippen molar-refractivity contribution in [3.63, 3.8) is 0 Å². The van der Waals surface area contributed by atoms with Crippen molar-refractivity contribution in [2.45, 2.75) is 13.8 Å². The van der Waals surface area contributed by atoms with Crippen molar-refractivity contribution in [1.82, 2.24) is 4.98 Å². The maximum absolute atomic E-state index is 12.6. The summed E-state index contributed by atoms with van der Waals surface area (Å²) < 4.78 is 0. The lowest BCUT2D eigenvalue weighted by molar-refractivity contribution is 0.102. The Bertz CT molecular complexity index is 1020. The van der Waals surface area contributed by atoms with Crippen LogP contribution in [0, 0.1) is 13.8 Å². The Morgan fingerprint density at radius 3 is 2.26 bits per heavy atom. The first-order valence-electron chi connectivity index (χ1n) is 8.33. The molecule has 0 spiro atoms. The Hall–Kier alpha value is -3.18. The molecular weight excluding hydrogens is 362 g/mol. The first-order chi connectivity index (χ1) is 12.9. The number of pyridine rings is 1. The number of hydrogen-bond donors (Lipinski definition) is 2. The lowest BCUT2D eigenvalue weighted by atomic mass is 10.1. The minimum atomic E-state index is -0.369. The number of amides is 2. The number of aromatic nitrogens is 1. The highest BCUT2D eigenvalue weighted by Gasteiger charge is 2.13. The zero-order chi connectivity index (χ0) is 19.4.